The number of hydrogen-bond acceptors (Lipinski definition) is 4. The minimum Gasteiger partial charge on any atom is -0.396 e. The normalized spacial score (nSPS) is 68.5. The van der Waals surface area contributed by atoms with Crippen molar-refractivity contribution in [2.75, 3.05) is 13.2 Å². The molecule has 0 radical (unpaired) electrons. The molecule has 4 N–H and O–H groups in total. The van der Waals surface area contributed by atoms with Crippen LogP contribution in [-0.2, 0) is 0 Å². The van der Waals surface area contributed by atoms with E-state index in [0.717, 1.165) is 25.7 Å². The molecule has 0 amide bonds. The van der Waals surface area contributed by atoms with Gasteiger partial charge in [0.25, 0.3) is 0 Å². The van der Waals surface area contributed by atoms with Crippen LogP contribution < -0.4 is 0 Å². The van der Waals surface area contributed by atoms with Crippen LogP contribution in [0.2, 0.25) is 0 Å². The van der Waals surface area contributed by atoms with Crippen molar-refractivity contribution < 1.29 is 20.4 Å². The molecule has 0 aliphatic heterocycles. The molecule has 0 heterocycles. The summed E-state index contributed by atoms with van der Waals surface area (Å²) in [7, 11) is 0. The number of fused-ring (bicyclic) bond motifs is 6. The van der Waals surface area contributed by atoms with Crippen LogP contribution in [0.4, 0.5) is 0 Å². The quantitative estimate of drug-likeness (QED) is 0.600. The minimum atomic E-state index is -0.193. The Morgan fingerprint density at radius 1 is 0.500 bits per heavy atom. The molecule has 6 fully saturated rings. The topological polar surface area (TPSA) is 80.9 Å². The first-order valence-electron chi connectivity index (χ1n) is 10.3. The lowest BCUT2D eigenvalue weighted by atomic mass is 9.72. The maximum Gasteiger partial charge on any atom is 0.0574 e. The van der Waals surface area contributed by atoms with Crippen LogP contribution in [0.3, 0.4) is 0 Å². The standard InChI is InChI=1S/C20H30O4/c21-5-9-13-7-1-3-11(23)15(7)17-10(6-22)14-8-2-4-12(24)16(8)18(9)20(14)19(13)17/h7-24H,1-6H2/t7-,8-,9+,10+,11-,12-,13-,14-,15+,16+,17-,18+,19-,20-/m0/s1. The third-order valence-corrected chi connectivity index (χ3v) is 9.97. The van der Waals surface area contributed by atoms with Gasteiger partial charge in [0.2, 0.25) is 0 Å². The van der Waals surface area contributed by atoms with Gasteiger partial charge in [0, 0.05) is 13.2 Å². The van der Waals surface area contributed by atoms with E-state index in [2.05, 4.69) is 0 Å². The highest BCUT2D eigenvalue weighted by Crippen LogP contribution is 2.79. The Morgan fingerprint density at radius 2 is 0.917 bits per heavy atom. The molecule has 14 atom stereocenters. The first-order chi connectivity index (χ1) is 11.7. The van der Waals surface area contributed by atoms with Crippen LogP contribution in [0.5, 0.6) is 0 Å². The molecule has 4 nitrogen and oxygen atoms in total. The summed E-state index contributed by atoms with van der Waals surface area (Å²) in [6.07, 6.45) is 3.61. The fraction of sp³-hybridized carbons (Fsp3) is 1.00. The summed E-state index contributed by atoms with van der Waals surface area (Å²) in [5, 5.41) is 41.9. The molecule has 4 heteroatoms. The lowest BCUT2D eigenvalue weighted by Crippen LogP contribution is -2.35. The van der Waals surface area contributed by atoms with Crippen molar-refractivity contribution in [3.8, 4) is 0 Å². The number of hydrogen-bond donors (Lipinski definition) is 4. The molecule has 24 heavy (non-hydrogen) atoms. The predicted octanol–water partition coefficient (Wildman–Crippen LogP) is 0.729. The summed E-state index contributed by atoms with van der Waals surface area (Å²) in [4.78, 5) is 0. The van der Waals surface area contributed by atoms with Crippen LogP contribution in [0, 0.1) is 71.0 Å². The third kappa shape index (κ3) is 1.42. The Balaban J connectivity index is 1.50. The molecule has 134 valence electrons. The molecule has 0 aromatic carbocycles. The van der Waals surface area contributed by atoms with Gasteiger partial charge >= 0.3 is 0 Å². The Bertz CT molecular complexity index is 504. The highest BCUT2D eigenvalue weighted by atomic mass is 16.3. The molecule has 6 rings (SSSR count). The van der Waals surface area contributed by atoms with E-state index in [1.807, 2.05) is 0 Å². The van der Waals surface area contributed by atoms with Crippen LogP contribution in [0.1, 0.15) is 25.7 Å². The van der Waals surface area contributed by atoms with Crippen molar-refractivity contribution >= 4 is 0 Å². The Morgan fingerprint density at radius 3 is 1.29 bits per heavy atom. The second-order valence-electron chi connectivity index (χ2n) is 9.93. The molecule has 0 aromatic rings. The molecular weight excluding hydrogens is 304 g/mol. The average Bonchev–Trinajstić information content (AvgIpc) is 3.32. The summed E-state index contributed by atoms with van der Waals surface area (Å²) in [5.41, 5.74) is 0. The van der Waals surface area contributed by atoms with Gasteiger partial charge in [-0.2, -0.15) is 0 Å². The highest BCUT2D eigenvalue weighted by Gasteiger charge is 2.77. The van der Waals surface area contributed by atoms with Crippen molar-refractivity contribution in [2.45, 2.75) is 37.9 Å². The summed E-state index contributed by atoms with van der Waals surface area (Å²) >= 11 is 0. The molecule has 0 unspecified atom stereocenters. The van der Waals surface area contributed by atoms with Crippen molar-refractivity contribution in [1.29, 1.82) is 0 Å². The minimum absolute atomic E-state index is 0.193. The van der Waals surface area contributed by atoms with E-state index >= 15 is 0 Å². The summed E-state index contributed by atoms with van der Waals surface area (Å²) in [5.74, 6) is 5.66. The zero-order valence-electron chi connectivity index (χ0n) is 14.1. The van der Waals surface area contributed by atoms with E-state index in [-0.39, 0.29) is 25.4 Å². The molecule has 6 aliphatic rings. The first kappa shape index (κ1) is 15.0. The molecule has 0 saturated heterocycles. The Kier molecular flexibility index (Phi) is 2.97. The van der Waals surface area contributed by atoms with Gasteiger partial charge in [-0.3, -0.25) is 0 Å². The predicted molar refractivity (Wildman–Crippen MR) is 86.5 cm³/mol. The van der Waals surface area contributed by atoms with Gasteiger partial charge in [-0.15, -0.1) is 0 Å². The summed E-state index contributed by atoms with van der Waals surface area (Å²) in [6, 6.07) is 0. The van der Waals surface area contributed by atoms with Crippen molar-refractivity contribution in [3.63, 3.8) is 0 Å². The van der Waals surface area contributed by atoms with Gasteiger partial charge in [-0.25, -0.2) is 0 Å². The Labute approximate surface area is 143 Å². The smallest absolute Gasteiger partial charge is 0.0574 e. The van der Waals surface area contributed by atoms with E-state index in [0.29, 0.717) is 71.0 Å². The molecular formula is C20H30O4. The van der Waals surface area contributed by atoms with Gasteiger partial charge in [0.05, 0.1) is 12.2 Å². The zero-order valence-corrected chi connectivity index (χ0v) is 14.1. The van der Waals surface area contributed by atoms with Gasteiger partial charge in [-0.05, 0) is 96.7 Å². The SMILES string of the molecule is OC[C@@H]1[C@@H]2[C@@H]3CC[C@H](O)[C@@H]3[C@H]3[C@H](CO)[C@@H]4[C@@H]5CC[C@H](O)[C@@H]5[C@H]1[C@H]4[C@@H]23. The van der Waals surface area contributed by atoms with E-state index in [4.69, 9.17) is 0 Å². The first-order valence-corrected chi connectivity index (χ1v) is 10.3. The van der Waals surface area contributed by atoms with Gasteiger partial charge < -0.3 is 20.4 Å². The average molecular weight is 334 g/mol. The maximum atomic E-state index is 10.7. The zero-order chi connectivity index (χ0) is 16.3. The number of rotatable bonds is 2. The summed E-state index contributed by atoms with van der Waals surface area (Å²) in [6.45, 7) is 0.502. The van der Waals surface area contributed by atoms with Gasteiger partial charge in [-0.1, -0.05) is 0 Å². The molecule has 6 aliphatic carbocycles. The fourth-order valence-corrected chi connectivity index (χ4v) is 10.0. The lowest BCUT2D eigenvalue weighted by Gasteiger charge is -2.34. The van der Waals surface area contributed by atoms with Gasteiger partial charge in [0.15, 0.2) is 0 Å². The van der Waals surface area contributed by atoms with E-state index in [1.54, 1.807) is 0 Å². The van der Waals surface area contributed by atoms with Crippen molar-refractivity contribution in [2.24, 2.45) is 71.0 Å². The van der Waals surface area contributed by atoms with Gasteiger partial charge in [0.1, 0.15) is 0 Å². The van der Waals surface area contributed by atoms with Crippen molar-refractivity contribution in [1.82, 2.24) is 0 Å². The van der Waals surface area contributed by atoms with E-state index in [9.17, 15) is 20.4 Å². The molecule has 0 spiro atoms. The molecule has 0 aromatic heterocycles. The molecule has 0 bridgehead atoms. The van der Waals surface area contributed by atoms with Crippen LogP contribution in [0.25, 0.3) is 0 Å². The monoisotopic (exact) mass is 334 g/mol. The molecule has 6 saturated carbocycles. The lowest BCUT2D eigenvalue weighted by molar-refractivity contribution is 0.0234. The largest absolute Gasteiger partial charge is 0.396 e. The Hall–Kier alpha value is -0.160. The second-order valence-corrected chi connectivity index (χ2v) is 9.93. The van der Waals surface area contributed by atoms with E-state index in [1.165, 1.54) is 0 Å². The fourth-order valence-electron chi connectivity index (χ4n) is 10.0. The second kappa shape index (κ2) is 4.76. The number of aliphatic hydroxyl groups excluding tert-OH is 4. The van der Waals surface area contributed by atoms with E-state index < -0.39 is 0 Å². The third-order valence-electron chi connectivity index (χ3n) is 9.97. The van der Waals surface area contributed by atoms with Crippen LogP contribution in [0.15, 0.2) is 0 Å². The number of aliphatic hydroxyl groups is 4. The summed E-state index contributed by atoms with van der Waals surface area (Å²) < 4.78 is 0. The maximum absolute atomic E-state index is 10.7. The highest BCUT2D eigenvalue weighted by molar-refractivity contribution is 5.24. The van der Waals surface area contributed by atoms with Crippen LogP contribution in [-0.4, -0.2) is 45.8 Å². The van der Waals surface area contributed by atoms with Crippen molar-refractivity contribution in [3.05, 3.63) is 0 Å². The van der Waals surface area contributed by atoms with Crippen LogP contribution >= 0.6 is 0 Å².